The maximum atomic E-state index is 5.41. The Balaban J connectivity index is 1.28. The molecule has 32 heavy (non-hydrogen) atoms. The van der Waals surface area contributed by atoms with Gasteiger partial charge in [0.2, 0.25) is 0 Å². The first kappa shape index (κ1) is 22.2. The predicted octanol–water partition coefficient (Wildman–Crippen LogP) is 5.34. The minimum atomic E-state index is 0.473. The summed E-state index contributed by atoms with van der Waals surface area (Å²) < 4.78 is 5.41. The predicted molar refractivity (Wildman–Crippen MR) is 136 cm³/mol. The van der Waals surface area contributed by atoms with E-state index in [0.29, 0.717) is 12.1 Å². The normalized spacial score (nSPS) is 18.7. The minimum absolute atomic E-state index is 0.473. The summed E-state index contributed by atoms with van der Waals surface area (Å²) in [5.74, 6) is 1.89. The molecule has 0 amide bonds. The molecule has 1 fully saturated rings. The Bertz CT molecular complexity index is 1050. The second-order valence-corrected chi connectivity index (χ2v) is 8.68. The topological polar surface area (TPSA) is 49.4 Å². The standard InChI is InChI=1S/C27H34N4O/c1-31(2)25-19-27(30-24-12-6-5-11-23(24)25)29-22-16-14-21(15-17-22)28-18-8-10-20-9-4-7-13-26(20)32-3/h4-13,19,21-22,28H,14-18H2,1-3H3,(H,29,30)/b10-8+/t21-,22+. The van der Waals surface area contributed by atoms with Crippen molar-refractivity contribution in [1.82, 2.24) is 10.3 Å². The van der Waals surface area contributed by atoms with E-state index in [0.717, 1.165) is 42.0 Å². The van der Waals surface area contributed by atoms with Crippen molar-refractivity contribution in [3.8, 4) is 5.75 Å². The number of ether oxygens (including phenoxy) is 1. The molecular weight excluding hydrogens is 396 g/mol. The maximum absolute atomic E-state index is 5.41. The molecule has 0 aliphatic heterocycles. The lowest BCUT2D eigenvalue weighted by Gasteiger charge is -2.30. The van der Waals surface area contributed by atoms with Crippen molar-refractivity contribution in [3.63, 3.8) is 0 Å². The van der Waals surface area contributed by atoms with Crippen LogP contribution in [0, 0.1) is 0 Å². The van der Waals surface area contributed by atoms with E-state index in [-0.39, 0.29) is 0 Å². The average Bonchev–Trinajstić information content (AvgIpc) is 2.82. The van der Waals surface area contributed by atoms with E-state index < -0.39 is 0 Å². The van der Waals surface area contributed by atoms with Gasteiger partial charge in [-0.05, 0) is 37.8 Å². The molecule has 5 nitrogen and oxygen atoms in total. The van der Waals surface area contributed by atoms with Crippen molar-refractivity contribution in [3.05, 3.63) is 66.2 Å². The van der Waals surface area contributed by atoms with Crippen molar-refractivity contribution in [2.45, 2.75) is 37.8 Å². The first-order chi connectivity index (χ1) is 15.6. The lowest BCUT2D eigenvalue weighted by molar-refractivity contribution is 0.363. The number of fused-ring (bicyclic) bond motifs is 1. The van der Waals surface area contributed by atoms with Gasteiger partial charge >= 0.3 is 0 Å². The second-order valence-electron chi connectivity index (χ2n) is 8.68. The summed E-state index contributed by atoms with van der Waals surface area (Å²) in [6, 6.07) is 19.7. The Morgan fingerprint density at radius 2 is 1.72 bits per heavy atom. The number of pyridine rings is 1. The molecule has 2 aromatic carbocycles. The Morgan fingerprint density at radius 3 is 2.50 bits per heavy atom. The number of benzene rings is 2. The fourth-order valence-electron chi connectivity index (χ4n) is 4.48. The highest BCUT2D eigenvalue weighted by molar-refractivity contribution is 5.93. The van der Waals surface area contributed by atoms with Gasteiger partial charge in [0.05, 0.1) is 12.6 Å². The number of nitrogens with one attached hydrogen (secondary N) is 2. The molecule has 168 valence electrons. The lowest BCUT2D eigenvalue weighted by atomic mass is 9.91. The third kappa shape index (κ3) is 5.40. The lowest BCUT2D eigenvalue weighted by Crippen LogP contribution is -2.37. The third-order valence-corrected chi connectivity index (χ3v) is 6.22. The third-order valence-electron chi connectivity index (χ3n) is 6.22. The van der Waals surface area contributed by atoms with Gasteiger partial charge in [-0.1, -0.05) is 48.6 Å². The molecule has 0 saturated heterocycles. The zero-order chi connectivity index (χ0) is 22.3. The van der Waals surface area contributed by atoms with Crippen LogP contribution in [0.3, 0.4) is 0 Å². The molecule has 0 unspecified atom stereocenters. The van der Waals surface area contributed by atoms with Crippen molar-refractivity contribution in [2.75, 3.05) is 38.0 Å². The molecule has 4 rings (SSSR count). The largest absolute Gasteiger partial charge is 0.496 e. The van der Waals surface area contributed by atoms with Crippen molar-refractivity contribution in [2.24, 2.45) is 0 Å². The molecule has 3 aromatic rings. The van der Waals surface area contributed by atoms with Crippen molar-refractivity contribution in [1.29, 1.82) is 0 Å². The van der Waals surface area contributed by atoms with E-state index in [1.165, 1.54) is 23.9 Å². The molecular formula is C27H34N4O. The van der Waals surface area contributed by atoms with Crippen molar-refractivity contribution < 1.29 is 4.74 Å². The van der Waals surface area contributed by atoms with Crippen LogP contribution >= 0.6 is 0 Å². The van der Waals surface area contributed by atoms with Gasteiger partial charge in [0.25, 0.3) is 0 Å². The summed E-state index contributed by atoms with van der Waals surface area (Å²) in [5, 5.41) is 8.57. The summed E-state index contributed by atoms with van der Waals surface area (Å²) >= 11 is 0. The van der Waals surface area contributed by atoms with E-state index >= 15 is 0 Å². The summed E-state index contributed by atoms with van der Waals surface area (Å²) in [7, 11) is 5.89. The average molecular weight is 431 g/mol. The van der Waals surface area contributed by atoms with Gasteiger partial charge < -0.3 is 20.3 Å². The Hall–Kier alpha value is -3.05. The summed E-state index contributed by atoms with van der Waals surface area (Å²) in [6.07, 6.45) is 8.97. The Kier molecular flexibility index (Phi) is 7.28. The van der Waals surface area contributed by atoms with Gasteiger partial charge in [-0.3, -0.25) is 0 Å². The zero-order valence-electron chi connectivity index (χ0n) is 19.3. The number of nitrogens with zero attached hydrogens (tertiary/aromatic N) is 2. The first-order valence-electron chi connectivity index (χ1n) is 11.5. The zero-order valence-corrected chi connectivity index (χ0v) is 19.3. The van der Waals surface area contributed by atoms with Crippen LogP contribution in [0.25, 0.3) is 17.0 Å². The number of para-hydroxylation sites is 2. The maximum Gasteiger partial charge on any atom is 0.128 e. The van der Waals surface area contributed by atoms with Gasteiger partial charge in [0.15, 0.2) is 0 Å². The van der Waals surface area contributed by atoms with E-state index in [1.807, 2.05) is 18.2 Å². The van der Waals surface area contributed by atoms with Crippen LogP contribution in [0.1, 0.15) is 31.2 Å². The van der Waals surface area contributed by atoms with Crippen molar-refractivity contribution >= 4 is 28.5 Å². The molecule has 1 aliphatic rings. The van der Waals surface area contributed by atoms with Crippen LogP contribution in [0.5, 0.6) is 5.75 Å². The van der Waals surface area contributed by atoms with E-state index in [1.54, 1.807) is 7.11 Å². The Labute approximate surface area is 191 Å². The van der Waals surface area contributed by atoms with Gasteiger partial charge in [0, 0.05) is 55.4 Å². The summed E-state index contributed by atoms with van der Waals surface area (Å²) in [5.41, 5.74) is 3.36. The smallest absolute Gasteiger partial charge is 0.128 e. The fraction of sp³-hybridized carbons (Fsp3) is 0.370. The monoisotopic (exact) mass is 430 g/mol. The first-order valence-corrected chi connectivity index (χ1v) is 11.5. The van der Waals surface area contributed by atoms with Gasteiger partial charge in [-0.25, -0.2) is 4.98 Å². The van der Waals surface area contributed by atoms with Crippen LogP contribution in [-0.2, 0) is 0 Å². The van der Waals surface area contributed by atoms with Crippen LogP contribution in [0.15, 0.2) is 60.7 Å². The molecule has 0 bridgehead atoms. The molecule has 1 heterocycles. The molecule has 0 radical (unpaired) electrons. The summed E-state index contributed by atoms with van der Waals surface area (Å²) in [6.45, 7) is 0.874. The molecule has 2 N–H and O–H groups in total. The molecule has 1 aliphatic carbocycles. The quantitative estimate of drug-likeness (QED) is 0.505. The van der Waals surface area contributed by atoms with Crippen LogP contribution in [0.4, 0.5) is 11.5 Å². The van der Waals surface area contributed by atoms with E-state index in [9.17, 15) is 0 Å². The molecule has 1 aromatic heterocycles. The number of anilines is 2. The van der Waals surface area contributed by atoms with Gasteiger partial charge in [0.1, 0.15) is 11.6 Å². The fourth-order valence-corrected chi connectivity index (χ4v) is 4.48. The molecule has 1 saturated carbocycles. The van der Waals surface area contributed by atoms with Crippen LogP contribution in [-0.4, -0.2) is 44.8 Å². The van der Waals surface area contributed by atoms with E-state index in [4.69, 9.17) is 9.72 Å². The highest BCUT2D eigenvalue weighted by atomic mass is 16.5. The number of aromatic nitrogens is 1. The highest BCUT2D eigenvalue weighted by Gasteiger charge is 2.21. The minimum Gasteiger partial charge on any atom is -0.496 e. The number of rotatable bonds is 8. The summed E-state index contributed by atoms with van der Waals surface area (Å²) in [4.78, 5) is 7.02. The number of hydrogen-bond donors (Lipinski definition) is 2. The SMILES string of the molecule is COc1ccccc1/C=C/CN[C@H]1CC[C@@H](Nc2cc(N(C)C)c3ccccc3n2)CC1. The highest BCUT2D eigenvalue weighted by Crippen LogP contribution is 2.29. The van der Waals surface area contributed by atoms with Gasteiger partial charge in [-0.15, -0.1) is 0 Å². The van der Waals surface area contributed by atoms with Gasteiger partial charge in [-0.2, -0.15) is 0 Å². The van der Waals surface area contributed by atoms with Crippen LogP contribution < -0.4 is 20.3 Å². The number of methoxy groups -OCH3 is 1. The number of hydrogen-bond acceptors (Lipinski definition) is 5. The molecule has 0 atom stereocenters. The molecule has 5 heteroatoms. The van der Waals surface area contributed by atoms with E-state index in [2.05, 4.69) is 78.2 Å². The second kappa shape index (κ2) is 10.5. The molecule has 0 spiro atoms. The Morgan fingerprint density at radius 1 is 1.00 bits per heavy atom. The van der Waals surface area contributed by atoms with Crippen LogP contribution in [0.2, 0.25) is 0 Å².